The molecule has 0 unspecified atom stereocenters. The third-order valence-electron chi connectivity index (χ3n) is 5.61. The summed E-state index contributed by atoms with van der Waals surface area (Å²) in [5, 5.41) is 0. The molecule has 5 atom stereocenters. The van der Waals surface area contributed by atoms with E-state index < -0.39 is 23.0 Å². The molecule has 0 amide bonds. The number of aromatic nitrogens is 2. The Morgan fingerprint density at radius 2 is 1.88 bits per heavy atom. The summed E-state index contributed by atoms with van der Waals surface area (Å²) in [5.41, 5.74) is 1.16. The predicted molar refractivity (Wildman–Crippen MR) is 94.3 cm³/mol. The first-order valence-electron chi connectivity index (χ1n) is 8.72. The summed E-state index contributed by atoms with van der Waals surface area (Å²) in [6.07, 6.45) is 3.73. The molecule has 2 aromatic rings. The maximum atomic E-state index is 13.6. The van der Waals surface area contributed by atoms with Gasteiger partial charge in [-0.25, -0.2) is 13.8 Å². The second-order valence-corrected chi connectivity index (χ2v) is 10.3. The molecule has 2 aliphatic rings. The molecule has 136 valence electrons. The second-order valence-electron chi connectivity index (χ2n) is 8.25. The van der Waals surface area contributed by atoms with Crippen LogP contribution >= 0.6 is 0 Å². The van der Waals surface area contributed by atoms with Crippen LogP contribution in [0, 0.1) is 29.4 Å². The zero-order chi connectivity index (χ0) is 17.9. The first-order valence-corrected chi connectivity index (χ1v) is 9.87. The predicted octanol–water partition coefficient (Wildman–Crippen LogP) is 3.56. The molecule has 25 heavy (non-hydrogen) atoms. The van der Waals surface area contributed by atoms with E-state index >= 15 is 0 Å². The van der Waals surface area contributed by atoms with Crippen molar-refractivity contribution in [2.24, 2.45) is 17.8 Å². The van der Waals surface area contributed by atoms with E-state index in [1.807, 2.05) is 25.3 Å². The van der Waals surface area contributed by atoms with Crippen LogP contribution in [0.15, 0.2) is 18.5 Å². The van der Waals surface area contributed by atoms with Crippen LogP contribution in [0.25, 0.3) is 11.0 Å². The Morgan fingerprint density at radius 3 is 2.52 bits per heavy atom. The minimum absolute atomic E-state index is 0.248. The molecule has 0 saturated heterocycles. The number of hydrogen-bond donors (Lipinski definition) is 1. The van der Waals surface area contributed by atoms with Gasteiger partial charge in [-0.15, -0.1) is 4.72 Å². The quantitative estimate of drug-likeness (QED) is 0.841. The first-order chi connectivity index (χ1) is 11.8. The Hall–Kier alpha value is -1.18. The molecule has 0 radical (unpaired) electrons. The highest BCUT2D eigenvalue weighted by atomic mass is 32.2. The Morgan fingerprint density at radius 1 is 1.24 bits per heavy atom. The zero-order valence-corrected chi connectivity index (χ0v) is 15.4. The van der Waals surface area contributed by atoms with Crippen LogP contribution in [0.4, 0.5) is 8.78 Å². The summed E-state index contributed by atoms with van der Waals surface area (Å²) in [5.74, 6) is 0.134. The van der Waals surface area contributed by atoms with Gasteiger partial charge in [0.1, 0.15) is 4.75 Å². The highest BCUT2D eigenvalue weighted by molar-refractivity contribution is 7.90. The van der Waals surface area contributed by atoms with Crippen molar-refractivity contribution in [1.29, 1.82) is 0 Å². The van der Waals surface area contributed by atoms with Crippen LogP contribution in [0.2, 0.25) is 0 Å². The molecule has 2 fully saturated rings. The summed E-state index contributed by atoms with van der Waals surface area (Å²) in [7, 11) is 0. The van der Waals surface area contributed by atoms with Crippen molar-refractivity contribution in [2.45, 2.75) is 44.4 Å². The summed E-state index contributed by atoms with van der Waals surface area (Å²) >= 11 is -1.03. The lowest BCUT2D eigenvalue weighted by molar-refractivity contribution is 0.430. The lowest BCUT2D eigenvalue weighted by Crippen LogP contribution is -2.40. The maximum absolute atomic E-state index is 13.6. The van der Waals surface area contributed by atoms with Crippen LogP contribution in [-0.4, -0.2) is 25.4 Å². The van der Waals surface area contributed by atoms with Gasteiger partial charge in [-0.1, -0.05) is 0 Å². The summed E-state index contributed by atoms with van der Waals surface area (Å²) in [4.78, 5) is 4.21. The molecule has 7 heteroatoms. The number of fused-ring (bicyclic) bond motifs is 2. The van der Waals surface area contributed by atoms with Crippen LogP contribution in [0.3, 0.4) is 0 Å². The van der Waals surface area contributed by atoms with Gasteiger partial charge in [0.2, 0.25) is 0 Å². The topological polar surface area (TPSA) is 52.9 Å². The number of rotatable bonds is 4. The van der Waals surface area contributed by atoms with Crippen molar-refractivity contribution in [2.75, 3.05) is 6.54 Å². The Labute approximate surface area is 149 Å². The number of hydrogen-bond acceptors (Lipinski definition) is 3. The van der Waals surface area contributed by atoms with Gasteiger partial charge >= 0.3 is 0 Å². The van der Waals surface area contributed by atoms with Gasteiger partial charge in [0.25, 0.3) is 0 Å². The van der Waals surface area contributed by atoms with E-state index in [-0.39, 0.29) is 10.8 Å². The van der Waals surface area contributed by atoms with Crippen molar-refractivity contribution in [1.82, 2.24) is 14.3 Å². The van der Waals surface area contributed by atoms with Crippen molar-refractivity contribution < 1.29 is 13.3 Å². The molecule has 1 heterocycles. The van der Waals surface area contributed by atoms with E-state index in [4.69, 9.17) is 0 Å². The zero-order valence-electron chi connectivity index (χ0n) is 14.6. The highest BCUT2D eigenvalue weighted by Crippen LogP contribution is 2.61. The van der Waals surface area contributed by atoms with Gasteiger partial charge < -0.3 is 9.12 Å². The van der Waals surface area contributed by atoms with Gasteiger partial charge in [-0.05, 0) is 51.4 Å². The second kappa shape index (κ2) is 5.93. The van der Waals surface area contributed by atoms with Crippen LogP contribution in [-0.2, 0) is 11.4 Å². The van der Waals surface area contributed by atoms with E-state index in [0.29, 0.717) is 28.8 Å². The number of halogens is 2. The summed E-state index contributed by atoms with van der Waals surface area (Å²) in [6.45, 7) is 6.68. The van der Waals surface area contributed by atoms with Crippen LogP contribution < -0.4 is 4.72 Å². The smallest absolute Gasteiger partial charge is 0.161 e. The molecule has 4 nitrogen and oxygen atoms in total. The largest absolute Gasteiger partial charge is 0.598 e. The Bertz CT molecular complexity index is 791. The van der Waals surface area contributed by atoms with Crippen LogP contribution in [0.1, 0.15) is 39.7 Å². The third-order valence-corrected chi connectivity index (χ3v) is 7.16. The minimum Gasteiger partial charge on any atom is -0.598 e. The highest BCUT2D eigenvalue weighted by Gasteiger charge is 2.56. The van der Waals surface area contributed by atoms with Gasteiger partial charge in [-0.3, -0.25) is 0 Å². The van der Waals surface area contributed by atoms with E-state index in [9.17, 15) is 13.3 Å². The monoisotopic (exact) mass is 367 g/mol. The normalized spacial score (nSPS) is 29.8. The molecule has 0 bridgehead atoms. The Balaban J connectivity index is 1.39. The van der Waals surface area contributed by atoms with E-state index in [1.165, 1.54) is 6.07 Å². The van der Waals surface area contributed by atoms with Crippen LogP contribution in [0.5, 0.6) is 0 Å². The summed E-state index contributed by atoms with van der Waals surface area (Å²) < 4.78 is 43.9. The molecule has 0 aliphatic heterocycles. The average Bonchev–Trinajstić information content (AvgIpc) is 2.88. The third kappa shape index (κ3) is 3.06. The molecule has 2 aliphatic carbocycles. The molecule has 0 spiro atoms. The number of benzene rings is 1. The Kier molecular flexibility index (Phi) is 4.09. The van der Waals surface area contributed by atoms with Crippen molar-refractivity contribution >= 4 is 22.4 Å². The number of nitrogens with one attached hydrogen (secondary N) is 1. The molecule has 4 rings (SSSR count). The molecule has 1 aromatic heterocycles. The van der Waals surface area contributed by atoms with E-state index in [2.05, 4.69) is 9.71 Å². The fourth-order valence-electron chi connectivity index (χ4n) is 4.18. The summed E-state index contributed by atoms with van der Waals surface area (Å²) in [6, 6.07) is 2.69. The number of nitrogens with zero attached hydrogens (tertiary/aromatic N) is 2. The molecule has 1 aromatic carbocycles. The fraction of sp³-hybridized carbons (Fsp3) is 0.611. The van der Waals surface area contributed by atoms with E-state index in [1.54, 1.807) is 6.33 Å². The van der Waals surface area contributed by atoms with Gasteiger partial charge in [0.05, 0.1) is 17.4 Å². The standard InChI is InChI=1S/C18H23F2N3OS/c1-18(2,3)25(24)22-8-13-11-4-10(5-12(11)13)23-9-21-16-6-14(19)15(20)7-17(16)23/h6-7,9-13,22H,4-5,8H2,1-3H3/t10-,11-,12+,13+,25-/m0/s1. The van der Waals surface area contributed by atoms with Crippen molar-refractivity contribution in [3.05, 3.63) is 30.1 Å². The fourth-order valence-corrected chi connectivity index (χ4v) is 4.96. The number of imidazole rings is 1. The maximum Gasteiger partial charge on any atom is 0.161 e. The van der Waals surface area contributed by atoms with Gasteiger partial charge in [0.15, 0.2) is 11.6 Å². The van der Waals surface area contributed by atoms with Crippen molar-refractivity contribution in [3.8, 4) is 0 Å². The average molecular weight is 367 g/mol. The lowest BCUT2D eigenvalue weighted by atomic mass is 10.1. The molecular formula is C18H23F2N3OS. The van der Waals surface area contributed by atoms with Crippen molar-refractivity contribution in [3.63, 3.8) is 0 Å². The molecule has 2 saturated carbocycles. The van der Waals surface area contributed by atoms with Gasteiger partial charge in [-0.2, -0.15) is 0 Å². The SMILES string of the molecule is CC(C)(C)[S@+]([O-])NC[C@@H]1[C@H]2C[C@H](n3cnc4cc(F)c(F)cc43)C[C@@H]12. The first kappa shape index (κ1) is 17.2. The lowest BCUT2D eigenvalue weighted by Gasteiger charge is -2.24. The molecule has 1 N–H and O–H groups in total. The minimum atomic E-state index is -1.03. The van der Waals surface area contributed by atoms with Gasteiger partial charge in [0, 0.05) is 36.1 Å². The molecular weight excluding hydrogens is 344 g/mol. The van der Waals surface area contributed by atoms with E-state index in [0.717, 1.165) is 25.5 Å².